The van der Waals surface area contributed by atoms with Crippen LogP contribution in [0.5, 0.6) is 0 Å². The van der Waals surface area contributed by atoms with Gasteiger partial charge in [-0.1, -0.05) is 6.92 Å². The van der Waals surface area contributed by atoms with Crippen molar-refractivity contribution in [2.45, 2.75) is 19.9 Å². The van der Waals surface area contributed by atoms with E-state index in [1.54, 1.807) is 6.07 Å². The van der Waals surface area contributed by atoms with E-state index in [9.17, 15) is 9.18 Å². The summed E-state index contributed by atoms with van der Waals surface area (Å²) in [4.78, 5) is 11.3. The maximum Gasteiger partial charge on any atom is 0.419 e. The summed E-state index contributed by atoms with van der Waals surface area (Å²) in [5.41, 5.74) is 0.960. The smallest absolute Gasteiger partial charge is 0.408 e. The second kappa shape index (κ2) is 3.29. The van der Waals surface area contributed by atoms with Crippen LogP contribution in [-0.2, 0) is 6.54 Å². The van der Waals surface area contributed by atoms with E-state index in [1.807, 2.05) is 6.92 Å². The van der Waals surface area contributed by atoms with E-state index in [2.05, 4.69) is 0 Å². The van der Waals surface area contributed by atoms with Crippen molar-refractivity contribution in [3.63, 3.8) is 0 Å². The number of nitrogens with zero attached hydrogens (tertiary/aromatic N) is 1. The number of hydrogen-bond donors (Lipinski definition) is 0. The minimum atomic E-state index is -0.424. The van der Waals surface area contributed by atoms with Crippen molar-refractivity contribution in [1.82, 2.24) is 4.57 Å². The van der Waals surface area contributed by atoms with Crippen LogP contribution in [0.4, 0.5) is 4.39 Å². The van der Waals surface area contributed by atoms with E-state index in [1.165, 1.54) is 16.7 Å². The first-order valence-corrected chi connectivity index (χ1v) is 4.51. The molecule has 0 aliphatic heterocycles. The first kappa shape index (κ1) is 8.99. The van der Waals surface area contributed by atoms with Crippen LogP contribution < -0.4 is 5.76 Å². The fraction of sp³-hybridized carbons (Fsp3) is 0.300. The number of fused-ring (bicyclic) bond motifs is 1. The Balaban J connectivity index is 2.71. The summed E-state index contributed by atoms with van der Waals surface area (Å²) in [6.07, 6.45) is 0.839. The van der Waals surface area contributed by atoms with Gasteiger partial charge in [-0.05, 0) is 18.6 Å². The molecule has 0 atom stereocenters. The summed E-state index contributed by atoms with van der Waals surface area (Å²) in [7, 11) is 0. The van der Waals surface area contributed by atoms with E-state index in [-0.39, 0.29) is 0 Å². The van der Waals surface area contributed by atoms with Crippen molar-refractivity contribution in [3.8, 4) is 0 Å². The third-order valence-corrected chi connectivity index (χ3v) is 2.08. The average molecular weight is 195 g/mol. The Morgan fingerprint density at radius 3 is 3.00 bits per heavy atom. The molecule has 0 radical (unpaired) electrons. The number of hydrogen-bond acceptors (Lipinski definition) is 2. The molecule has 0 spiro atoms. The molecule has 4 heteroatoms. The summed E-state index contributed by atoms with van der Waals surface area (Å²) < 4.78 is 19.2. The van der Waals surface area contributed by atoms with Gasteiger partial charge in [0.2, 0.25) is 0 Å². The Hall–Kier alpha value is -1.58. The minimum Gasteiger partial charge on any atom is -0.408 e. The van der Waals surface area contributed by atoms with E-state index in [0.717, 1.165) is 6.42 Å². The lowest BCUT2D eigenvalue weighted by atomic mass is 10.3. The molecule has 0 unspecified atom stereocenters. The van der Waals surface area contributed by atoms with Crippen LogP contribution in [0, 0.1) is 5.82 Å². The first-order valence-electron chi connectivity index (χ1n) is 4.51. The lowest BCUT2D eigenvalue weighted by molar-refractivity contribution is 0.501. The number of benzene rings is 1. The molecule has 1 aromatic carbocycles. The summed E-state index contributed by atoms with van der Waals surface area (Å²) in [6.45, 7) is 2.56. The van der Waals surface area contributed by atoms with Crippen LogP contribution in [0.3, 0.4) is 0 Å². The summed E-state index contributed by atoms with van der Waals surface area (Å²) in [6, 6.07) is 4.11. The Kier molecular flexibility index (Phi) is 2.11. The van der Waals surface area contributed by atoms with Crippen LogP contribution in [-0.4, -0.2) is 4.57 Å². The highest BCUT2D eigenvalue weighted by molar-refractivity contribution is 5.72. The second-order valence-electron chi connectivity index (χ2n) is 3.13. The number of aromatic nitrogens is 1. The van der Waals surface area contributed by atoms with E-state index < -0.39 is 11.6 Å². The van der Waals surface area contributed by atoms with E-state index in [4.69, 9.17) is 4.42 Å². The molecule has 0 N–H and O–H groups in total. The molecule has 0 saturated carbocycles. The quantitative estimate of drug-likeness (QED) is 0.735. The van der Waals surface area contributed by atoms with Crippen molar-refractivity contribution < 1.29 is 8.81 Å². The lowest BCUT2D eigenvalue weighted by Crippen LogP contribution is -2.13. The molecule has 0 bridgehead atoms. The van der Waals surface area contributed by atoms with Crippen molar-refractivity contribution in [1.29, 1.82) is 0 Å². The van der Waals surface area contributed by atoms with Gasteiger partial charge >= 0.3 is 5.76 Å². The third kappa shape index (κ3) is 1.32. The molecule has 0 aliphatic carbocycles. The normalized spacial score (nSPS) is 11.0. The van der Waals surface area contributed by atoms with Crippen molar-refractivity contribution in [2.24, 2.45) is 0 Å². The highest BCUT2D eigenvalue weighted by Crippen LogP contribution is 2.14. The number of aryl methyl sites for hydroxylation is 1. The van der Waals surface area contributed by atoms with Crippen molar-refractivity contribution >= 4 is 11.1 Å². The zero-order chi connectivity index (χ0) is 10.1. The van der Waals surface area contributed by atoms with Crippen LogP contribution in [0.1, 0.15) is 13.3 Å². The SMILES string of the molecule is CCCn1c(=O)oc2cc(F)ccc21. The molecule has 0 fully saturated rings. The lowest BCUT2D eigenvalue weighted by Gasteiger charge is -1.97. The highest BCUT2D eigenvalue weighted by atomic mass is 19.1. The molecule has 2 rings (SSSR count). The monoisotopic (exact) mass is 195 g/mol. The molecule has 1 aromatic heterocycles. The minimum absolute atomic E-state index is 0.309. The van der Waals surface area contributed by atoms with Gasteiger partial charge in [0.05, 0.1) is 5.52 Å². The number of rotatable bonds is 2. The Morgan fingerprint density at radius 2 is 2.29 bits per heavy atom. The Labute approximate surface area is 79.8 Å². The Bertz CT molecular complexity index is 512. The molecule has 74 valence electrons. The predicted octanol–water partition coefficient (Wildman–Crippen LogP) is 2.14. The maximum absolute atomic E-state index is 12.8. The number of halogens is 1. The van der Waals surface area contributed by atoms with E-state index >= 15 is 0 Å². The molecule has 14 heavy (non-hydrogen) atoms. The van der Waals surface area contributed by atoms with Crippen LogP contribution in [0.25, 0.3) is 11.1 Å². The molecule has 0 aliphatic rings. The summed E-state index contributed by atoms with van der Waals surface area (Å²) in [5, 5.41) is 0. The van der Waals surface area contributed by atoms with Crippen molar-refractivity contribution in [3.05, 3.63) is 34.6 Å². The second-order valence-corrected chi connectivity index (χ2v) is 3.13. The van der Waals surface area contributed by atoms with Crippen molar-refractivity contribution in [2.75, 3.05) is 0 Å². The molecule has 3 nitrogen and oxygen atoms in total. The fourth-order valence-electron chi connectivity index (χ4n) is 1.48. The Morgan fingerprint density at radius 1 is 1.50 bits per heavy atom. The molecular weight excluding hydrogens is 185 g/mol. The molecule has 1 heterocycles. The van der Waals surface area contributed by atoms with Crippen LogP contribution in [0.2, 0.25) is 0 Å². The fourth-order valence-corrected chi connectivity index (χ4v) is 1.48. The number of oxazole rings is 1. The summed E-state index contributed by atoms with van der Waals surface area (Å²) in [5.74, 6) is -0.817. The van der Waals surface area contributed by atoms with Gasteiger partial charge in [0, 0.05) is 12.6 Å². The molecule has 2 aromatic rings. The third-order valence-electron chi connectivity index (χ3n) is 2.08. The molecular formula is C10H10FNO2. The standard InChI is InChI=1S/C10H10FNO2/c1-2-5-12-8-4-3-7(11)6-9(8)14-10(12)13/h3-4,6H,2,5H2,1H3. The van der Waals surface area contributed by atoms with Gasteiger partial charge in [-0.25, -0.2) is 9.18 Å². The van der Waals surface area contributed by atoms with Gasteiger partial charge in [0.1, 0.15) is 5.82 Å². The van der Waals surface area contributed by atoms with Gasteiger partial charge in [-0.15, -0.1) is 0 Å². The highest BCUT2D eigenvalue weighted by Gasteiger charge is 2.08. The van der Waals surface area contributed by atoms with Gasteiger partial charge < -0.3 is 4.42 Å². The topological polar surface area (TPSA) is 35.1 Å². The van der Waals surface area contributed by atoms with Crippen LogP contribution >= 0.6 is 0 Å². The zero-order valence-electron chi connectivity index (χ0n) is 7.79. The van der Waals surface area contributed by atoms with Gasteiger partial charge in [-0.2, -0.15) is 0 Å². The maximum atomic E-state index is 12.8. The molecule has 0 saturated heterocycles. The van der Waals surface area contributed by atoms with E-state index in [0.29, 0.717) is 17.6 Å². The van der Waals surface area contributed by atoms with Gasteiger partial charge in [0.15, 0.2) is 5.58 Å². The van der Waals surface area contributed by atoms with Gasteiger partial charge in [-0.3, -0.25) is 4.57 Å². The molecule has 0 amide bonds. The average Bonchev–Trinajstić information content (AvgIpc) is 2.43. The first-order chi connectivity index (χ1) is 6.72. The largest absolute Gasteiger partial charge is 0.419 e. The van der Waals surface area contributed by atoms with Crippen LogP contribution in [0.15, 0.2) is 27.4 Å². The zero-order valence-corrected chi connectivity index (χ0v) is 7.79. The summed E-state index contributed by atoms with van der Waals surface area (Å²) >= 11 is 0. The predicted molar refractivity (Wildman–Crippen MR) is 50.7 cm³/mol. The van der Waals surface area contributed by atoms with Gasteiger partial charge in [0.25, 0.3) is 0 Å².